The highest BCUT2D eigenvalue weighted by Crippen LogP contribution is 2.38. The van der Waals surface area contributed by atoms with E-state index in [-0.39, 0.29) is 5.75 Å². The van der Waals surface area contributed by atoms with E-state index >= 15 is 0 Å². The molecule has 1 aromatic rings. The number of sulfone groups is 1. The van der Waals surface area contributed by atoms with Crippen LogP contribution in [0.3, 0.4) is 0 Å². The van der Waals surface area contributed by atoms with E-state index in [9.17, 15) is 8.42 Å². The molecule has 0 amide bonds. The number of aliphatic imine (C=N–C) groups is 1. The highest BCUT2D eigenvalue weighted by atomic mass is 32.2. The van der Waals surface area contributed by atoms with Crippen molar-refractivity contribution >= 4 is 15.8 Å². The first-order chi connectivity index (χ1) is 12.6. The summed E-state index contributed by atoms with van der Waals surface area (Å²) in [5.41, 5.74) is 1.21. The van der Waals surface area contributed by atoms with Gasteiger partial charge >= 0.3 is 0 Å². The maximum absolute atomic E-state index is 12.8. The zero-order valence-electron chi connectivity index (χ0n) is 15.7. The summed E-state index contributed by atoms with van der Waals surface area (Å²) < 4.78 is 25.0. The first-order valence-electron chi connectivity index (χ1n) is 9.71. The number of nitrogens with zero attached hydrogens (tertiary/aromatic N) is 3. The Morgan fingerprint density at radius 1 is 1.27 bits per heavy atom. The van der Waals surface area contributed by atoms with E-state index in [2.05, 4.69) is 22.1 Å². The van der Waals surface area contributed by atoms with Crippen LogP contribution in [0.2, 0.25) is 0 Å². The molecule has 1 aliphatic carbocycles. The summed E-state index contributed by atoms with van der Waals surface area (Å²) in [7, 11) is -3.02. The summed E-state index contributed by atoms with van der Waals surface area (Å²) in [6, 6.07) is 4.01. The minimum Gasteiger partial charge on any atom is -0.357 e. The maximum atomic E-state index is 12.8. The summed E-state index contributed by atoms with van der Waals surface area (Å²) in [6.07, 6.45) is 9.22. The van der Waals surface area contributed by atoms with E-state index in [4.69, 9.17) is 4.99 Å². The van der Waals surface area contributed by atoms with E-state index in [1.165, 1.54) is 5.56 Å². The molecule has 1 saturated heterocycles. The number of guanidine groups is 1. The summed E-state index contributed by atoms with van der Waals surface area (Å²) in [5, 5.41) is 3.36. The number of aromatic nitrogens is 1. The van der Waals surface area contributed by atoms with E-state index in [0.29, 0.717) is 19.6 Å². The van der Waals surface area contributed by atoms with Gasteiger partial charge in [0.05, 0.1) is 10.5 Å². The smallest absolute Gasteiger partial charge is 0.194 e. The predicted molar refractivity (Wildman–Crippen MR) is 105 cm³/mol. The Kier molecular flexibility index (Phi) is 6.16. The third-order valence-electron chi connectivity index (χ3n) is 5.58. The van der Waals surface area contributed by atoms with Crippen molar-refractivity contribution in [2.75, 3.05) is 31.9 Å². The van der Waals surface area contributed by atoms with E-state index in [1.54, 1.807) is 12.4 Å². The Morgan fingerprint density at radius 2 is 2.00 bits per heavy atom. The summed E-state index contributed by atoms with van der Waals surface area (Å²) in [4.78, 5) is 11.0. The van der Waals surface area contributed by atoms with Crippen molar-refractivity contribution in [2.45, 2.75) is 50.2 Å². The first kappa shape index (κ1) is 19.1. The Hall–Kier alpha value is -1.63. The van der Waals surface area contributed by atoms with Gasteiger partial charge in [-0.15, -0.1) is 0 Å². The van der Waals surface area contributed by atoms with Crippen LogP contribution in [0.25, 0.3) is 0 Å². The molecule has 144 valence electrons. The molecule has 3 rings (SSSR count). The topological polar surface area (TPSA) is 74.7 Å². The van der Waals surface area contributed by atoms with Crippen molar-refractivity contribution in [3.8, 4) is 0 Å². The van der Waals surface area contributed by atoms with Crippen LogP contribution in [0.5, 0.6) is 0 Å². The highest BCUT2D eigenvalue weighted by Gasteiger charge is 2.48. The lowest BCUT2D eigenvalue weighted by molar-refractivity contribution is 0.274. The number of hydrogen-bond donors (Lipinski definition) is 1. The van der Waals surface area contributed by atoms with Gasteiger partial charge in [0.2, 0.25) is 0 Å². The largest absolute Gasteiger partial charge is 0.357 e. The molecule has 0 atom stereocenters. The Morgan fingerprint density at radius 3 is 2.69 bits per heavy atom. The number of rotatable bonds is 4. The zero-order chi connectivity index (χ0) is 18.5. The highest BCUT2D eigenvalue weighted by molar-refractivity contribution is 7.92. The fourth-order valence-corrected chi connectivity index (χ4v) is 6.24. The molecule has 7 heteroatoms. The van der Waals surface area contributed by atoms with Gasteiger partial charge in [0.25, 0.3) is 0 Å². The van der Waals surface area contributed by atoms with Gasteiger partial charge < -0.3 is 10.2 Å². The maximum Gasteiger partial charge on any atom is 0.194 e. The van der Waals surface area contributed by atoms with Gasteiger partial charge in [-0.2, -0.15) is 0 Å². The average molecular weight is 379 g/mol. The van der Waals surface area contributed by atoms with E-state index in [0.717, 1.165) is 51.0 Å². The molecule has 0 bridgehead atoms. The van der Waals surface area contributed by atoms with Crippen LogP contribution < -0.4 is 5.32 Å². The molecular weight excluding hydrogens is 348 g/mol. The molecule has 2 aliphatic rings. The van der Waals surface area contributed by atoms with Gasteiger partial charge in [0, 0.05) is 38.6 Å². The molecule has 2 fully saturated rings. The van der Waals surface area contributed by atoms with E-state index in [1.807, 2.05) is 12.1 Å². The molecule has 6 nitrogen and oxygen atoms in total. The third-order valence-corrected chi connectivity index (χ3v) is 8.16. The van der Waals surface area contributed by atoms with Crippen molar-refractivity contribution in [1.82, 2.24) is 15.2 Å². The van der Waals surface area contributed by atoms with Crippen LogP contribution in [0.4, 0.5) is 0 Å². The second kappa shape index (κ2) is 8.37. The lowest BCUT2D eigenvalue weighted by atomic mass is 9.87. The average Bonchev–Trinajstić information content (AvgIpc) is 2.65. The molecular formula is C19H30N4O2S. The van der Waals surface area contributed by atoms with Crippen LogP contribution in [0, 0.1) is 0 Å². The molecule has 2 heterocycles. The molecule has 0 aromatic carbocycles. The third kappa shape index (κ3) is 4.19. The minimum atomic E-state index is -3.02. The monoisotopic (exact) mass is 378 g/mol. The van der Waals surface area contributed by atoms with Gasteiger partial charge in [-0.05, 0) is 43.9 Å². The van der Waals surface area contributed by atoms with Crippen LogP contribution >= 0.6 is 0 Å². The molecule has 1 aliphatic heterocycles. The van der Waals surface area contributed by atoms with Gasteiger partial charge in [-0.3, -0.25) is 9.98 Å². The summed E-state index contributed by atoms with van der Waals surface area (Å²) in [6.45, 7) is 4.63. The second-order valence-corrected chi connectivity index (χ2v) is 9.83. The minimum absolute atomic E-state index is 0.238. The van der Waals surface area contributed by atoms with Crippen molar-refractivity contribution < 1.29 is 8.42 Å². The number of nitrogens with one attached hydrogen (secondary N) is 1. The van der Waals surface area contributed by atoms with Crippen LogP contribution in [0.1, 0.15) is 44.6 Å². The lowest BCUT2D eigenvalue weighted by Crippen LogP contribution is -2.60. The summed E-state index contributed by atoms with van der Waals surface area (Å²) >= 11 is 0. The van der Waals surface area contributed by atoms with Crippen LogP contribution in [0.15, 0.2) is 29.5 Å². The fraction of sp³-hybridized carbons (Fsp3) is 0.684. The zero-order valence-corrected chi connectivity index (χ0v) is 16.5. The van der Waals surface area contributed by atoms with Gasteiger partial charge in [0.1, 0.15) is 0 Å². The van der Waals surface area contributed by atoms with Crippen molar-refractivity contribution in [2.24, 2.45) is 4.99 Å². The standard InChI is InChI=1S/C19H30N4O2S/c1-2-21-18(22-13-8-17-6-11-20-12-7-17)23-14-15-26(24,25)19(16-23)9-4-3-5-10-19/h6-7,11-12H,2-5,8-10,13-16H2,1H3,(H,21,22). The Bertz CT molecular complexity index is 712. The van der Waals surface area contributed by atoms with Gasteiger partial charge in [-0.1, -0.05) is 19.3 Å². The molecule has 26 heavy (non-hydrogen) atoms. The SMILES string of the molecule is CCNC(=NCCc1ccncc1)N1CCS(=O)(=O)C2(CCCCC2)C1. The molecule has 0 radical (unpaired) electrons. The lowest BCUT2D eigenvalue weighted by Gasteiger charge is -2.45. The van der Waals surface area contributed by atoms with Crippen molar-refractivity contribution in [3.63, 3.8) is 0 Å². The van der Waals surface area contributed by atoms with Crippen molar-refractivity contribution in [3.05, 3.63) is 30.1 Å². The normalized spacial score (nSPS) is 22.3. The Labute approximate surface area is 157 Å². The molecule has 1 saturated carbocycles. The fourth-order valence-electron chi connectivity index (χ4n) is 4.08. The van der Waals surface area contributed by atoms with Crippen LogP contribution in [-0.2, 0) is 16.3 Å². The number of pyridine rings is 1. The molecule has 1 N–H and O–H groups in total. The second-order valence-electron chi connectivity index (χ2n) is 7.33. The quantitative estimate of drug-likeness (QED) is 0.641. The first-order valence-corrected chi connectivity index (χ1v) is 11.4. The Balaban J connectivity index is 1.72. The molecule has 0 unspecified atom stereocenters. The molecule has 1 spiro atoms. The summed E-state index contributed by atoms with van der Waals surface area (Å²) in [5.74, 6) is 1.09. The van der Waals surface area contributed by atoms with Crippen molar-refractivity contribution in [1.29, 1.82) is 0 Å². The van der Waals surface area contributed by atoms with Gasteiger partial charge in [-0.25, -0.2) is 8.42 Å². The number of hydrogen-bond acceptors (Lipinski definition) is 4. The van der Waals surface area contributed by atoms with E-state index < -0.39 is 14.6 Å². The predicted octanol–water partition coefficient (Wildman–Crippen LogP) is 2.02. The molecule has 1 aromatic heterocycles. The van der Waals surface area contributed by atoms with Gasteiger partial charge in [0.15, 0.2) is 15.8 Å². The van der Waals surface area contributed by atoms with Crippen LogP contribution in [-0.4, -0.2) is 60.9 Å².